The number of benzene rings is 1. The Bertz CT molecular complexity index is 416. The maximum atomic E-state index is 12.4. The van der Waals surface area contributed by atoms with E-state index in [0.717, 1.165) is 31.4 Å². The van der Waals surface area contributed by atoms with Crippen LogP contribution in [0.15, 0.2) is 24.3 Å². The third kappa shape index (κ3) is 2.64. The van der Waals surface area contributed by atoms with Crippen LogP contribution in [0.2, 0.25) is 0 Å². The van der Waals surface area contributed by atoms with E-state index in [1.165, 1.54) is 0 Å². The van der Waals surface area contributed by atoms with Gasteiger partial charge in [-0.1, -0.05) is 12.8 Å². The summed E-state index contributed by atoms with van der Waals surface area (Å²) in [5.41, 5.74) is 6.82. The molecule has 1 saturated carbocycles. The average Bonchev–Trinajstić information content (AvgIpc) is 2.38. The van der Waals surface area contributed by atoms with Gasteiger partial charge in [-0.25, -0.2) is 0 Å². The van der Waals surface area contributed by atoms with Gasteiger partial charge in [-0.3, -0.25) is 4.79 Å². The fourth-order valence-corrected chi connectivity index (χ4v) is 2.52. The highest BCUT2D eigenvalue weighted by Crippen LogP contribution is 2.27. The van der Waals surface area contributed by atoms with Gasteiger partial charge >= 0.3 is 0 Å². The second-order valence-electron chi connectivity index (χ2n) is 4.97. The van der Waals surface area contributed by atoms with Crippen molar-refractivity contribution in [3.8, 4) is 5.75 Å². The van der Waals surface area contributed by atoms with Gasteiger partial charge in [0, 0.05) is 18.8 Å². The second-order valence-corrected chi connectivity index (χ2v) is 4.97. The largest absolute Gasteiger partial charge is 0.508 e. The van der Waals surface area contributed by atoms with E-state index >= 15 is 0 Å². The van der Waals surface area contributed by atoms with Crippen LogP contribution in [-0.2, 0) is 4.79 Å². The molecule has 2 atom stereocenters. The Kier molecular flexibility index (Phi) is 3.87. The van der Waals surface area contributed by atoms with Crippen molar-refractivity contribution in [2.75, 3.05) is 11.9 Å². The lowest BCUT2D eigenvalue weighted by molar-refractivity contribution is -0.123. The van der Waals surface area contributed by atoms with Crippen molar-refractivity contribution in [3.63, 3.8) is 0 Å². The van der Waals surface area contributed by atoms with Crippen molar-refractivity contribution in [3.05, 3.63) is 24.3 Å². The molecule has 0 saturated heterocycles. The molecular weight excluding hydrogens is 228 g/mol. The van der Waals surface area contributed by atoms with Gasteiger partial charge in [0.1, 0.15) is 5.75 Å². The SMILES string of the molecule is CN(C(=O)C1CCCCC1N)c1ccc(O)cc1. The molecule has 98 valence electrons. The molecule has 1 aliphatic carbocycles. The number of nitrogens with zero attached hydrogens (tertiary/aromatic N) is 1. The lowest BCUT2D eigenvalue weighted by Crippen LogP contribution is -2.44. The maximum absolute atomic E-state index is 12.4. The van der Waals surface area contributed by atoms with Crippen LogP contribution >= 0.6 is 0 Å². The Morgan fingerprint density at radius 2 is 1.89 bits per heavy atom. The number of anilines is 1. The van der Waals surface area contributed by atoms with Crippen molar-refractivity contribution in [1.29, 1.82) is 0 Å². The Morgan fingerprint density at radius 3 is 2.50 bits per heavy atom. The van der Waals surface area contributed by atoms with Crippen LogP contribution in [0.25, 0.3) is 0 Å². The van der Waals surface area contributed by atoms with E-state index in [1.807, 2.05) is 0 Å². The smallest absolute Gasteiger partial charge is 0.231 e. The van der Waals surface area contributed by atoms with E-state index in [0.29, 0.717) is 0 Å². The molecule has 1 aromatic rings. The molecule has 1 fully saturated rings. The van der Waals surface area contributed by atoms with Crippen molar-refractivity contribution in [1.82, 2.24) is 0 Å². The molecule has 3 N–H and O–H groups in total. The Hall–Kier alpha value is -1.55. The van der Waals surface area contributed by atoms with Crippen LogP contribution < -0.4 is 10.6 Å². The predicted molar refractivity (Wildman–Crippen MR) is 71.5 cm³/mol. The topological polar surface area (TPSA) is 66.6 Å². The quantitative estimate of drug-likeness (QED) is 0.839. The van der Waals surface area contributed by atoms with E-state index in [4.69, 9.17) is 5.73 Å². The van der Waals surface area contributed by atoms with Gasteiger partial charge < -0.3 is 15.7 Å². The normalized spacial score (nSPS) is 23.7. The molecule has 0 aliphatic heterocycles. The minimum atomic E-state index is -0.0717. The summed E-state index contributed by atoms with van der Waals surface area (Å²) in [6, 6.07) is 6.62. The highest BCUT2D eigenvalue weighted by atomic mass is 16.3. The van der Waals surface area contributed by atoms with Gasteiger partial charge in [-0.2, -0.15) is 0 Å². The van der Waals surface area contributed by atoms with E-state index < -0.39 is 0 Å². The van der Waals surface area contributed by atoms with Gasteiger partial charge in [0.05, 0.1) is 5.92 Å². The summed E-state index contributed by atoms with van der Waals surface area (Å²) in [5, 5.41) is 9.24. The highest BCUT2D eigenvalue weighted by Gasteiger charge is 2.30. The van der Waals surface area contributed by atoms with Gasteiger partial charge in [0.15, 0.2) is 0 Å². The monoisotopic (exact) mass is 248 g/mol. The first kappa shape index (κ1) is 12.9. The third-order valence-electron chi connectivity index (χ3n) is 3.70. The fraction of sp³-hybridized carbons (Fsp3) is 0.500. The number of amides is 1. The number of aromatic hydroxyl groups is 1. The highest BCUT2D eigenvalue weighted by molar-refractivity contribution is 5.95. The first-order valence-electron chi connectivity index (χ1n) is 6.42. The lowest BCUT2D eigenvalue weighted by atomic mass is 9.84. The van der Waals surface area contributed by atoms with Gasteiger partial charge in [-0.15, -0.1) is 0 Å². The Labute approximate surface area is 107 Å². The Balaban J connectivity index is 2.10. The summed E-state index contributed by atoms with van der Waals surface area (Å²) in [6.45, 7) is 0. The average molecular weight is 248 g/mol. The maximum Gasteiger partial charge on any atom is 0.231 e. The molecular formula is C14H20N2O2. The summed E-state index contributed by atoms with van der Waals surface area (Å²) in [6.07, 6.45) is 4.00. The molecule has 1 aromatic carbocycles. The zero-order valence-electron chi connectivity index (χ0n) is 10.7. The number of phenols is 1. The summed E-state index contributed by atoms with van der Waals surface area (Å²) in [7, 11) is 1.76. The van der Waals surface area contributed by atoms with Crippen molar-refractivity contribution in [2.24, 2.45) is 11.7 Å². The standard InChI is InChI=1S/C14H20N2O2/c1-16(10-6-8-11(17)9-7-10)14(18)12-4-2-3-5-13(12)15/h6-9,12-13,17H,2-5,15H2,1H3. The van der Waals surface area contributed by atoms with Crippen LogP contribution in [0.3, 0.4) is 0 Å². The molecule has 0 heterocycles. The number of phenolic OH excluding ortho intramolecular Hbond substituents is 1. The molecule has 0 spiro atoms. The van der Waals surface area contributed by atoms with E-state index in [1.54, 1.807) is 36.2 Å². The molecule has 1 aliphatic rings. The molecule has 2 unspecified atom stereocenters. The zero-order chi connectivity index (χ0) is 13.1. The van der Waals surface area contributed by atoms with Crippen molar-refractivity contribution in [2.45, 2.75) is 31.7 Å². The first-order chi connectivity index (χ1) is 8.59. The van der Waals surface area contributed by atoms with E-state index in [-0.39, 0.29) is 23.6 Å². The van der Waals surface area contributed by atoms with Crippen LogP contribution in [0.4, 0.5) is 5.69 Å². The molecule has 0 radical (unpaired) electrons. The third-order valence-corrected chi connectivity index (χ3v) is 3.70. The number of nitrogens with two attached hydrogens (primary N) is 1. The number of carbonyl (C=O) groups excluding carboxylic acids is 1. The van der Waals surface area contributed by atoms with Crippen LogP contribution in [0, 0.1) is 5.92 Å². The van der Waals surface area contributed by atoms with E-state index in [9.17, 15) is 9.90 Å². The van der Waals surface area contributed by atoms with Gasteiger partial charge in [0.25, 0.3) is 0 Å². The summed E-state index contributed by atoms with van der Waals surface area (Å²) >= 11 is 0. The summed E-state index contributed by atoms with van der Waals surface area (Å²) in [5.74, 6) is 0.208. The molecule has 18 heavy (non-hydrogen) atoms. The predicted octanol–water partition coefficient (Wildman–Crippen LogP) is 1.87. The number of carbonyl (C=O) groups is 1. The molecule has 1 amide bonds. The summed E-state index contributed by atoms with van der Waals surface area (Å²) in [4.78, 5) is 14.0. The fourth-order valence-electron chi connectivity index (χ4n) is 2.52. The van der Waals surface area contributed by atoms with Crippen LogP contribution in [0.5, 0.6) is 5.75 Å². The zero-order valence-corrected chi connectivity index (χ0v) is 10.7. The van der Waals surface area contributed by atoms with Crippen LogP contribution in [0.1, 0.15) is 25.7 Å². The minimum Gasteiger partial charge on any atom is -0.508 e. The lowest BCUT2D eigenvalue weighted by Gasteiger charge is -2.31. The Morgan fingerprint density at radius 1 is 1.28 bits per heavy atom. The van der Waals surface area contributed by atoms with Crippen LogP contribution in [-0.4, -0.2) is 24.1 Å². The molecule has 0 bridgehead atoms. The van der Waals surface area contributed by atoms with Gasteiger partial charge in [-0.05, 0) is 37.1 Å². The van der Waals surface area contributed by atoms with Crippen molar-refractivity contribution < 1.29 is 9.90 Å². The summed E-state index contributed by atoms with van der Waals surface area (Å²) < 4.78 is 0. The molecule has 2 rings (SSSR count). The first-order valence-corrected chi connectivity index (χ1v) is 6.42. The second kappa shape index (κ2) is 5.40. The van der Waals surface area contributed by atoms with Gasteiger partial charge in [0.2, 0.25) is 5.91 Å². The molecule has 4 heteroatoms. The molecule has 0 aromatic heterocycles. The minimum absolute atomic E-state index is 0.0224. The molecule has 4 nitrogen and oxygen atoms in total. The van der Waals surface area contributed by atoms with Crippen molar-refractivity contribution >= 4 is 11.6 Å². The van der Waals surface area contributed by atoms with E-state index in [2.05, 4.69) is 0 Å². The number of rotatable bonds is 2. The number of hydrogen-bond acceptors (Lipinski definition) is 3. The number of hydrogen-bond donors (Lipinski definition) is 2.